The Morgan fingerprint density at radius 2 is 1.70 bits per heavy atom. The van der Waals surface area contributed by atoms with Crippen LogP contribution in [-0.2, 0) is 14.4 Å². The van der Waals surface area contributed by atoms with Crippen molar-refractivity contribution >= 4 is 40.9 Å². The lowest BCUT2D eigenvalue weighted by molar-refractivity contribution is -0.146. The minimum absolute atomic E-state index is 0.0174. The molecule has 0 saturated carbocycles. The lowest BCUT2D eigenvalue weighted by atomic mass is 9.70. The number of aliphatic hydroxyl groups excluding tert-OH is 1. The average molecular weight is 625 g/mol. The van der Waals surface area contributed by atoms with Gasteiger partial charge in [0.25, 0.3) is 5.91 Å². The van der Waals surface area contributed by atoms with Gasteiger partial charge in [-0.3, -0.25) is 14.4 Å². The summed E-state index contributed by atoms with van der Waals surface area (Å²) >= 11 is 1.68. The van der Waals surface area contributed by atoms with Crippen molar-refractivity contribution in [3.05, 3.63) is 49.6 Å². The SMILES string of the molecule is C=CCN(CCC)C(=O)[C@@H]1[C@H]2C(=O)N([C@@H](CO)[C@@H](C)CC)C(C(=O)N(CC=C)c3ccc(N(CC)CC)cc3)C23CC[C@H]1S3. The van der Waals surface area contributed by atoms with Gasteiger partial charge in [0, 0.05) is 49.3 Å². The fourth-order valence-electron chi connectivity index (χ4n) is 7.78. The molecule has 4 rings (SSSR count). The molecule has 0 aliphatic carbocycles. The number of rotatable bonds is 16. The summed E-state index contributed by atoms with van der Waals surface area (Å²) in [4.78, 5) is 51.3. The predicted molar refractivity (Wildman–Crippen MR) is 181 cm³/mol. The molecule has 1 aromatic carbocycles. The van der Waals surface area contributed by atoms with Crippen LogP contribution >= 0.6 is 11.8 Å². The molecular formula is C35H52N4O4S. The Morgan fingerprint density at radius 3 is 2.25 bits per heavy atom. The van der Waals surface area contributed by atoms with Crippen LogP contribution in [0, 0.1) is 17.8 Å². The largest absolute Gasteiger partial charge is 0.394 e. The zero-order valence-corrected chi connectivity index (χ0v) is 28.1. The molecule has 7 atom stereocenters. The fraction of sp³-hybridized carbons (Fsp3) is 0.629. The lowest BCUT2D eigenvalue weighted by Gasteiger charge is -2.41. The van der Waals surface area contributed by atoms with Gasteiger partial charge in [-0.15, -0.1) is 24.9 Å². The molecule has 1 aromatic rings. The lowest BCUT2D eigenvalue weighted by Crippen LogP contribution is -2.58. The molecule has 44 heavy (non-hydrogen) atoms. The third-order valence-corrected chi connectivity index (χ3v) is 12.1. The summed E-state index contributed by atoms with van der Waals surface area (Å²) in [6.45, 7) is 21.0. The number of amides is 3. The second-order valence-corrected chi connectivity index (χ2v) is 14.0. The van der Waals surface area contributed by atoms with Crippen molar-refractivity contribution in [1.29, 1.82) is 0 Å². The molecule has 3 saturated heterocycles. The van der Waals surface area contributed by atoms with Crippen molar-refractivity contribution in [1.82, 2.24) is 9.80 Å². The van der Waals surface area contributed by atoms with Gasteiger partial charge in [-0.05, 0) is 63.3 Å². The number of nitrogens with zero attached hydrogens (tertiary/aromatic N) is 4. The van der Waals surface area contributed by atoms with E-state index in [0.717, 1.165) is 43.7 Å². The van der Waals surface area contributed by atoms with Crippen LogP contribution in [0.4, 0.5) is 11.4 Å². The van der Waals surface area contributed by atoms with E-state index < -0.39 is 28.7 Å². The van der Waals surface area contributed by atoms with Crippen LogP contribution in [0.5, 0.6) is 0 Å². The highest BCUT2D eigenvalue weighted by atomic mass is 32.2. The number of hydrogen-bond donors (Lipinski definition) is 1. The summed E-state index contributed by atoms with van der Waals surface area (Å²) in [7, 11) is 0. The van der Waals surface area contributed by atoms with Crippen LogP contribution in [0.2, 0.25) is 0 Å². The van der Waals surface area contributed by atoms with Crippen molar-refractivity contribution < 1.29 is 19.5 Å². The number of aliphatic hydroxyl groups is 1. The van der Waals surface area contributed by atoms with E-state index >= 15 is 0 Å². The normalized spacial score (nSPS) is 26.7. The fourth-order valence-corrected chi connectivity index (χ4v) is 9.98. The molecule has 3 amide bonds. The highest BCUT2D eigenvalue weighted by Crippen LogP contribution is 2.67. The van der Waals surface area contributed by atoms with E-state index in [2.05, 4.69) is 31.9 Å². The molecule has 0 aromatic heterocycles. The second kappa shape index (κ2) is 14.5. The Labute approximate surface area is 268 Å². The first-order chi connectivity index (χ1) is 21.2. The molecule has 2 unspecified atom stereocenters. The van der Waals surface area contributed by atoms with Gasteiger partial charge in [0.05, 0.1) is 29.2 Å². The molecule has 3 heterocycles. The zero-order valence-electron chi connectivity index (χ0n) is 27.3. The van der Waals surface area contributed by atoms with Gasteiger partial charge in [-0.1, -0.05) is 39.3 Å². The van der Waals surface area contributed by atoms with Crippen molar-refractivity contribution in [2.24, 2.45) is 17.8 Å². The number of carbonyl (C=O) groups excluding carboxylic acids is 3. The molecule has 0 radical (unpaired) electrons. The highest BCUT2D eigenvalue weighted by Gasteiger charge is 2.74. The van der Waals surface area contributed by atoms with Crippen molar-refractivity contribution in [2.45, 2.75) is 82.4 Å². The first-order valence-electron chi connectivity index (χ1n) is 16.5. The van der Waals surface area contributed by atoms with E-state index in [1.165, 1.54) is 0 Å². The maximum absolute atomic E-state index is 15.0. The van der Waals surface area contributed by atoms with E-state index in [0.29, 0.717) is 19.5 Å². The van der Waals surface area contributed by atoms with Crippen LogP contribution in [0.25, 0.3) is 0 Å². The molecule has 1 N–H and O–H groups in total. The van der Waals surface area contributed by atoms with Crippen LogP contribution in [0.1, 0.15) is 60.3 Å². The van der Waals surface area contributed by atoms with Gasteiger partial charge in [-0.25, -0.2) is 0 Å². The molecule has 8 nitrogen and oxygen atoms in total. The van der Waals surface area contributed by atoms with Gasteiger partial charge in [-0.2, -0.15) is 0 Å². The molecule has 2 bridgehead atoms. The number of benzene rings is 1. The minimum Gasteiger partial charge on any atom is -0.394 e. The van der Waals surface area contributed by atoms with E-state index in [9.17, 15) is 19.5 Å². The number of likely N-dealkylation sites (tertiary alicyclic amines) is 1. The van der Waals surface area contributed by atoms with Crippen molar-refractivity contribution in [3.8, 4) is 0 Å². The first kappa shape index (κ1) is 34.1. The van der Waals surface area contributed by atoms with Crippen molar-refractivity contribution in [3.63, 3.8) is 0 Å². The number of fused-ring (bicyclic) bond motifs is 1. The smallest absolute Gasteiger partial charge is 0.251 e. The molecular weight excluding hydrogens is 572 g/mol. The molecule has 9 heteroatoms. The predicted octanol–water partition coefficient (Wildman–Crippen LogP) is 4.97. The molecule has 1 spiro atoms. The Bertz CT molecular complexity index is 1200. The minimum atomic E-state index is -0.791. The van der Waals surface area contributed by atoms with Gasteiger partial charge >= 0.3 is 0 Å². The zero-order chi connectivity index (χ0) is 32.2. The standard InChI is InChI=1S/C35H52N4O4S/c1-8-20-37(21-9-2)32(41)29-28-18-19-35(44-28)30(29)33(42)39(27(23-40)24(7)11-4)31(35)34(43)38(22-10-3)26-16-14-25(15-17-26)36(12-5)13-6/h8,10,14-17,24,27-31,40H,1,3,9,11-13,18-23H2,2,4-7H3/t24-,27-,28+,29-,30-,31?,35?/m0/s1. The number of carbonyl (C=O) groups is 3. The number of thioether (sulfide) groups is 1. The number of hydrogen-bond acceptors (Lipinski definition) is 6. The first-order valence-corrected chi connectivity index (χ1v) is 17.3. The van der Waals surface area contributed by atoms with E-state index in [1.807, 2.05) is 49.9 Å². The summed E-state index contributed by atoms with van der Waals surface area (Å²) in [6, 6.07) is 6.69. The molecule has 3 aliphatic rings. The maximum Gasteiger partial charge on any atom is 0.251 e. The Kier molecular flexibility index (Phi) is 11.3. The summed E-state index contributed by atoms with van der Waals surface area (Å²) in [5, 5.41) is 10.7. The van der Waals surface area contributed by atoms with Gasteiger partial charge in [0.2, 0.25) is 11.8 Å². The van der Waals surface area contributed by atoms with Crippen LogP contribution in [0.3, 0.4) is 0 Å². The molecule has 242 valence electrons. The van der Waals surface area contributed by atoms with E-state index in [4.69, 9.17) is 0 Å². The number of anilines is 2. The monoisotopic (exact) mass is 624 g/mol. The molecule has 3 aliphatic heterocycles. The van der Waals surface area contributed by atoms with Crippen LogP contribution < -0.4 is 9.80 Å². The highest BCUT2D eigenvalue weighted by molar-refractivity contribution is 8.02. The van der Waals surface area contributed by atoms with E-state index in [-0.39, 0.29) is 42.0 Å². The third kappa shape index (κ3) is 5.82. The topological polar surface area (TPSA) is 84.4 Å². The Morgan fingerprint density at radius 1 is 1.07 bits per heavy atom. The average Bonchev–Trinajstić information content (AvgIpc) is 3.68. The summed E-state index contributed by atoms with van der Waals surface area (Å²) < 4.78 is -0.729. The molecule has 3 fully saturated rings. The third-order valence-electron chi connectivity index (χ3n) is 10.1. The van der Waals surface area contributed by atoms with Gasteiger partial charge < -0.3 is 24.7 Å². The van der Waals surface area contributed by atoms with E-state index in [1.54, 1.807) is 33.7 Å². The van der Waals surface area contributed by atoms with Crippen molar-refractivity contribution in [2.75, 3.05) is 49.1 Å². The maximum atomic E-state index is 15.0. The summed E-state index contributed by atoms with van der Waals surface area (Å²) in [5.41, 5.74) is 1.83. The summed E-state index contributed by atoms with van der Waals surface area (Å²) in [6.07, 6.45) is 6.48. The quantitative estimate of drug-likeness (QED) is 0.262. The van der Waals surface area contributed by atoms with Gasteiger partial charge in [0.15, 0.2) is 0 Å². The summed E-state index contributed by atoms with van der Waals surface area (Å²) in [5.74, 6) is -1.48. The van der Waals surface area contributed by atoms with Crippen LogP contribution in [0.15, 0.2) is 49.6 Å². The van der Waals surface area contributed by atoms with Gasteiger partial charge in [0.1, 0.15) is 6.04 Å². The second-order valence-electron chi connectivity index (χ2n) is 12.4. The Balaban J connectivity index is 1.80. The Hall–Kier alpha value is -2.78. The van der Waals surface area contributed by atoms with Crippen LogP contribution in [-0.4, -0.2) is 94.0 Å².